The van der Waals surface area contributed by atoms with Crippen LogP contribution in [0.5, 0.6) is 0 Å². The molecule has 1 atom stereocenters. The summed E-state index contributed by atoms with van der Waals surface area (Å²) in [5.41, 5.74) is 1.28. The summed E-state index contributed by atoms with van der Waals surface area (Å²) in [4.78, 5) is 0. The molecule has 1 unspecified atom stereocenters. The van der Waals surface area contributed by atoms with Crippen molar-refractivity contribution in [1.29, 1.82) is 0 Å². The van der Waals surface area contributed by atoms with E-state index in [9.17, 15) is 0 Å². The van der Waals surface area contributed by atoms with Crippen LogP contribution in [0.25, 0.3) is 0 Å². The van der Waals surface area contributed by atoms with Gasteiger partial charge >= 0.3 is 0 Å². The zero-order valence-electron chi connectivity index (χ0n) is 11.0. The molecule has 1 aliphatic carbocycles. The monoisotopic (exact) mass is 267 g/mol. The van der Waals surface area contributed by atoms with Gasteiger partial charge in [0.25, 0.3) is 0 Å². The molecule has 0 bridgehead atoms. The van der Waals surface area contributed by atoms with Crippen molar-refractivity contribution in [2.75, 3.05) is 19.8 Å². The van der Waals surface area contributed by atoms with E-state index in [0.717, 1.165) is 37.1 Å². The van der Waals surface area contributed by atoms with Crippen LogP contribution in [0.2, 0.25) is 5.02 Å². The molecule has 0 spiro atoms. The van der Waals surface area contributed by atoms with Gasteiger partial charge in [-0.2, -0.15) is 0 Å². The van der Waals surface area contributed by atoms with Crippen LogP contribution in [0.1, 0.15) is 37.8 Å². The molecule has 1 aromatic rings. The predicted molar refractivity (Wildman–Crippen MR) is 76.0 cm³/mol. The zero-order valence-corrected chi connectivity index (χ0v) is 11.7. The molecule has 1 saturated carbocycles. The maximum absolute atomic E-state index is 5.87. The van der Waals surface area contributed by atoms with Gasteiger partial charge in [0.2, 0.25) is 0 Å². The van der Waals surface area contributed by atoms with E-state index in [1.54, 1.807) is 0 Å². The molecule has 3 heteroatoms. The molecular formula is C15H22ClNO. The Morgan fingerprint density at radius 2 is 2.06 bits per heavy atom. The van der Waals surface area contributed by atoms with Crippen LogP contribution < -0.4 is 5.32 Å². The summed E-state index contributed by atoms with van der Waals surface area (Å²) in [6.45, 7) is 5.01. The molecule has 2 rings (SSSR count). The summed E-state index contributed by atoms with van der Waals surface area (Å²) in [6.07, 6.45) is 3.81. The van der Waals surface area contributed by atoms with Gasteiger partial charge in [-0.05, 0) is 56.3 Å². The standard InChI is InChI=1S/C15H22ClNO/c1-12(14-5-7-15(16)8-6-14)17-9-2-10-18-11-13-3-4-13/h5-8,12-13,17H,2-4,9-11H2,1H3. The van der Waals surface area contributed by atoms with E-state index in [0.29, 0.717) is 6.04 Å². The average molecular weight is 268 g/mol. The number of hydrogen-bond donors (Lipinski definition) is 1. The van der Waals surface area contributed by atoms with Crippen LogP contribution in [0.4, 0.5) is 0 Å². The smallest absolute Gasteiger partial charge is 0.0494 e. The van der Waals surface area contributed by atoms with Crippen molar-refractivity contribution < 1.29 is 4.74 Å². The Morgan fingerprint density at radius 1 is 1.33 bits per heavy atom. The normalized spacial score (nSPS) is 16.8. The second-order valence-electron chi connectivity index (χ2n) is 5.10. The van der Waals surface area contributed by atoms with Crippen LogP contribution in [0.15, 0.2) is 24.3 Å². The van der Waals surface area contributed by atoms with E-state index in [1.165, 1.54) is 18.4 Å². The lowest BCUT2D eigenvalue weighted by molar-refractivity contribution is 0.121. The first kappa shape index (κ1) is 13.9. The highest BCUT2D eigenvalue weighted by Gasteiger charge is 2.20. The maximum atomic E-state index is 5.87. The molecule has 1 N–H and O–H groups in total. The van der Waals surface area contributed by atoms with Gasteiger partial charge in [-0.3, -0.25) is 0 Å². The summed E-state index contributed by atoms with van der Waals surface area (Å²) >= 11 is 5.87. The molecule has 1 fully saturated rings. The number of nitrogens with one attached hydrogen (secondary N) is 1. The fourth-order valence-electron chi connectivity index (χ4n) is 1.90. The summed E-state index contributed by atoms with van der Waals surface area (Å²) in [7, 11) is 0. The summed E-state index contributed by atoms with van der Waals surface area (Å²) in [5.74, 6) is 0.867. The molecule has 1 aliphatic rings. The molecule has 2 nitrogen and oxygen atoms in total. The van der Waals surface area contributed by atoms with Crippen molar-refractivity contribution >= 4 is 11.6 Å². The van der Waals surface area contributed by atoms with Gasteiger partial charge in [-0.1, -0.05) is 23.7 Å². The van der Waals surface area contributed by atoms with Crippen molar-refractivity contribution in [3.8, 4) is 0 Å². The van der Waals surface area contributed by atoms with E-state index in [-0.39, 0.29) is 0 Å². The quantitative estimate of drug-likeness (QED) is 0.724. The van der Waals surface area contributed by atoms with Crippen molar-refractivity contribution in [2.24, 2.45) is 5.92 Å². The van der Waals surface area contributed by atoms with Crippen LogP contribution >= 0.6 is 11.6 Å². The molecule has 0 aliphatic heterocycles. The molecular weight excluding hydrogens is 246 g/mol. The highest BCUT2D eigenvalue weighted by atomic mass is 35.5. The number of halogens is 1. The summed E-state index contributed by atoms with van der Waals surface area (Å²) < 4.78 is 5.60. The maximum Gasteiger partial charge on any atom is 0.0494 e. The van der Waals surface area contributed by atoms with Crippen LogP contribution in [-0.2, 0) is 4.74 Å². The fourth-order valence-corrected chi connectivity index (χ4v) is 2.02. The molecule has 0 radical (unpaired) electrons. The molecule has 1 aromatic carbocycles. The molecule has 0 amide bonds. The lowest BCUT2D eigenvalue weighted by Crippen LogP contribution is -2.21. The van der Waals surface area contributed by atoms with Gasteiger partial charge in [0, 0.05) is 24.3 Å². The first-order valence-corrected chi connectivity index (χ1v) is 7.20. The topological polar surface area (TPSA) is 21.3 Å². The van der Waals surface area contributed by atoms with E-state index < -0.39 is 0 Å². The number of rotatable bonds is 8. The zero-order chi connectivity index (χ0) is 12.8. The van der Waals surface area contributed by atoms with E-state index >= 15 is 0 Å². The Bertz CT molecular complexity index is 348. The third-order valence-corrected chi connectivity index (χ3v) is 3.59. The molecule has 0 aromatic heterocycles. The van der Waals surface area contributed by atoms with Crippen LogP contribution in [0.3, 0.4) is 0 Å². The van der Waals surface area contributed by atoms with E-state index in [1.807, 2.05) is 12.1 Å². The second-order valence-corrected chi connectivity index (χ2v) is 5.54. The van der Waals surface area contributed by atoms with E-state index in [4.69, 9.17) is 16.3 Å². The lowest BCUT2D eigenvalue weighted by Gasteiger charge is -2.14. The van der Waals surface area contributed by atoms with Gasteiger partial charge in [-0.25, -0.2) is 0 Å². The number of benzene rings is 1. The van der Waals surface area contributed by atoms with Gasteiger partial charge in [0.1, 0.15) is 0 Å². The van der Waals surface area contributed by atoms with Crippen LogP contribution in [0, 0.1) is 5.92 Å². The molecule has 0 heterocycles. The molecule has 18 heavy (non-hydrogen) atoms. The predicted octanol–water partition coefficient (Wildman–Crippen LogP) is 3.81. The highest BCUT2D eigenvalue weighted by molar-refractivity contribution is 6.30. The first-order chi connectivity index (χ1) is 8.75. The van der Waals surface area contributed by atoms with Gasteiger partial charge in [0.05, 0.1) is 0 Å². The average Bonchev–Trinajstić information content (AvgIpc) is 3.18. The molecule has 0 saturated heterocycles. The summed E-state index contributed by atoms with van der Waals surface area (Å²) in [6, 6.07) is 8.39. The third-order valence-electron chi connectivity index (χ3n) is 3.34. The minimum Gasteiger partial charge on any atom is -0.381 e. The van der Waals surface area contributed by atoms with Gasteiger partial charge in [-0.15, -0.1) is 0 Å². The Morgan fingerprint density at radius 3 is 2.72 bits per heavy atom. The third kappa shape index (κ3) is 4.97. The Hall–Kier alpha value is -0.570. The van der Waals surface area contributed by atoms with Gasteiger partial charge in [0.15, 0.2) is 0 Å². The first-order valence-electron chi connectivity index (χ1n) is 6.82. The fraction of sp³-hybridized carbons (Fsp3) is 0.600. The summed E-state index contributed by atoms with van der Waals surface area (Å²) in [5, 5.41) is 4.29. The van der Waals surface area contributed by atoms with Gasteiger partial charge < -0.3 is 10.1 Å². The van der Waals surface area contributed by atoms with Crippen molar-refractivity contribution in [3.63, 3.8) is 0 Å². The number of ether oxygens (including phenoxy) is 1. The van der Waals surface area contributed by atoms with Crippen molar-refractivity contribution in [2.45, 2.75) is 32.2 Å². The van der Waals surface area contributed by atoms with Crippen molar-refractivity contribution in [1.82, 2.24) is 5.32 Å². The van der Waals surface area contributed by atoms with Crippen LogP contribution in [-0.4, -0.2) is 19.8 Å². The van der Waals surface area contributed by atoms with Crippen molar-refractivity contribution in [3.05, 3.63) is 34.9 Å². The highest BCUT2D eigenvalue weighted by Crippen LogP contribution is 2.28. The SMILES string of the molecule is CC(NCCCOCC1CC1)c1ccc(Cl)cc1. The Kier molecular flexibility index (Phi) is 5.48. The lowest BCUT2D eigenvalue weighted by atomic mass is 10.1. The Balaban J connectivity index is 1.56. The van der Waals surface area contributed by atoms with E-state index in [2.05, 4.69) is 24.4 Å². The molecule has 100 valence electrons. The minimum absolute atomic E-state index is 0.366. The largest absolute Gasteiger partial charge is 0.381 e. The second kappa shape index (κ2) is 7.13. The minimum atomic E-state index is 0.366. The number of hydrogen-bond acceptors (Lipinski definition) is 2. The Labute approximate surface area is 115 Å².